The van der Waals surface area contributed by atoms with E-state index in [1.54, 1.807) is 7.11 Å². The molecule has 0 fully saturated rings. The third-order valence-corrected chi connectivity index (χ3v) is 3.11. The molecule has 0 saturated heterocycles. The van der Waals surface area contributed by atoms with Crippen LogP contribution in [0.3, 0.4) is 0 Å². The van der Waals surface area contributed by atoms with Gasteiger partial charge in [-0.15, -0.1) is 0 Å². The SMILES string of the molecule is COc1cc(C)cc(C)c1-c1cc(CN)n(C)n1. The molecule has 0 unspecified atom stereocenters. The number of nitrogens with zero attached hydrogens (tertiary/aromatic N) is 2. The monoisotopic (exact) mass is 245 g/mol. The maximum atomic E-state index is 5.68. The Morgan fingerprint density at radius 1 is 1.28 bits per heavy atom. The van der Waals surface area contributed by atoms with Gasteiger partial charge in [-0.25, -0.2) is 0 Å². The van der Waals surface area contributed by atoms with Crippen molar-refractivity contribution in [1.29, 1.82) is 0 Å². The Bertz CT molecular complexity index is 573. The fourth-order valence-electron chi connectivity index (χ4n) is 2.24. The molecule has 0 bridgehead atoms. The minimum Gasteiger partial charge on any atom is -0.496 e. The minimum atomic E-state index is 0.483. The van der Waals surface area contributed by atoms with Gasteiger partial charge in [-0.3, -0.25) is 4.68 Å². The number of methoxy groups -OCH3 is 1. The number of hydrogen-bond acceptors (Lipinski definition) is 3. The zero-order valence-corrected chi connectivity index (χ0v) is 11.3. The third kappa shape index (κ3) is 2.11. The van der Waals surface area contributed by atoms with Crippen LogP contribution in [0.15, 0.2) is 18.2 Å². The molecule has 2 rings (SSSR count). The van der Waals surface area contributed by atoms with Gasteiger partial charge in [0.1, 0.15) is 5.75 Å². The highest BCUT2D eigenvalue weighted by atomic mass is 16.5. The molecular formula is C14H19N3O. The average molecular weight is 245 g/mol. The Morgan fingerprint density at radius 3 is 2.56 bits per heavy atom. The van der Waals surface area contributed by atoms with E-state index in [1.165, 1.54) is 5.56 Å². The number of nitrogens with two attached hydrogens (primary N) is 1. The summed E-state index contributed by atoms with van der Waals surface area (Å²) in [5.74, 6) is 0.856. The molecule has 0 aliphatic rings. The van der Waals surface area contributed by atoms with Crippen molar-refractivity contribution < 1.29 is 4.74 Å². The molecule has 4 nitrogen and oxygen atoms in total. The van der Waals surface area contributed by atoms with Crippen molar-refractivity contribution in [3.05, 3.63) is 35.0 Å². The molecule has 1 aromatic heterocycles. The predicted molar refractivity (Wildman–Crippen MR) is 72.6 cm³/mol. The van der Waals surface area contributed by atoms with Gasteiger partial charge in [0, 0.05) is 19.2 Å². The van der Waals surface area contributed by atoms with Crippen molar-refractivity contribution in [1.82, 2.24) is 9.78 Å². The molecular weight excluding hydrogens is 226 g/mol. The summed E-state index contributed by atoms with van der Waals surface area (Å²) in [6.45, 7) is 4.61. The maximum Gasteiger partial charge on any atom is 0.128 e. The minimum absolute atomic E-state index is 0.483. The zero-order chi connectivity index (χ0) is 13.3. The van der Waals surface area contributed by atoms with Crippen LogP contribution < -0.4 is 10.5 Å². The highest BCUT2D eigenvalue weighted by Crippen LogP contribution is 2.33. The molecule has 0 radical (unpaired) electrons. The van der Waals surface area contributed by atoms with Gasteiger partial charge in [-0.2, -0.15) is 5.10 Å². The second kappa shape index (κ2) is 4.82. The molecule has 2 N–H and O–H groups in total. The van der Waals surface area contributed by atoms with E-state index in [-0.39, 0.29) is 0 Å². The lowest BCUT2D eigenvalue weighted by Gasteiger charge is -2.10. The molecule has 2 aromatic rings. The highest BCUT2D eigenvalue weighted by molar-refractivity contribution is 5.72. The molecule has 4 heteroatoms. The van der Waals surface area contributed by atoms with Crippen molar-refractivity contribution in [2.75, 3.05) is 7.11 Å². The zero-order valence-electron chi connectivity index (χ0n) is 11.3. The molecule has 18 heavy (non-hydrogen) atoms. The molecule has 0 aliphatic heterocycles. The Balaban J connectivity index is 2.62. The van der Waals surface area contributed by atoms with Gasteiger partial charge in [-0.1, -0.05) is 6.07 Å². The van der Waals surface area contributed by atoms with Crippen molar-refractivity contribution in [3.8, 4) is 17.0 Å². The van der Waals surface area contributed by atoms with Crippen molar-refractivity contribution in [3.63, 3.8) is 0 Å². The Kier molecular flexibility index (Phi) is 3.39. The molecule has 0 atom stereocenters. The van der Waals surface area contributed by atoms with E-state index >= 15 is 0 Å². The molecule has 1 heterocycles. The predicted octanol–water partition coefficient (Wildman–Crippen LogP) is 2.17. The molecule has 0 amide bonds. The Hall–Kier alpha value is -1.81. The summed E-state index contributed by atoms with van der Waals surface area (Å²) in [5.41, 5.74) is 11.0. The van der Waals surface area contributed by atoms with Crippen LogP contribution in [-0.2, 0) is 13.6 Å². The van der Waals surface area contributed by atoms with Crippen LogP contribution in [0.4, 0.5) is 0 Å². The van der Waals surface area contributed by atoms with Crippen LogP contribution >= 0.6 is 0 Å². The van der Waals surface area contributed by atoms with Crippen LogP contribution in [0.2, 0.25) is 0 Å². The fourth-order valence-corrected chi connectivity index (χ4v) is 2.24. The first-order valence-electron chi connectivity index (χ1n) is 5.95. The van der Waals surface area contributed by atoms with E-state index < -0.39 is 0 Å². The van der Waals surface area contributed by atoms with E-state index in [2.05, 4.69) is 25.0 Å². The lowest BCUT2D eigenvalue weighted by atomic mass is 10.0. The standard InChI is InChI=1S/C14H19N3O/c1-9-5-10(2)14(13(6-9)18-4)12-7-11(8-15)17(3)16-12/h5-7H,8,15H2,1-4H3. The van der Waals surface area contributed by atoms with Gasteiger partial charge in [-0.05, 0) is 37.1 Å². The van der Waals surface area contributed by atoms with Gasteiger partial charge in [0.05, 0.1) is 18.5 Å². The van der Waals surface area contributed by atoms with Crippen molar-refractivity contribution >= 4 is 0 Å². The summed E-state index contributed by atoms with van der Waals surface area (Å²) in [7, 11) is 3.59. The molecule has 96 valence electrons. The molecule has 0 spiro atoms. The van der Waals surface area contributed by atoms with E-state index in [9.17, 15) is 0 Å². The highest BCUT2D eigenvalue weighted by Gasteiger charge is 2.14. The number of rotatable bonds is 3. The van der Waals surface area contributed by atoms with Gasteiger partial charge in [0.25, 0.3) is 0 Å². The van der Waals surface area contributed by atoms with Crippen LogP contribution in [0.25, 0.3) is 11.3 Å². The van der Waals surface area contributed by atoms with Crippen LogP contribution in [0, 0.1) is 13.8 Å². The number of hydrogen-bond donors (Lipinski definition) is 1. The van der Waals surface area contributed by atoms with E-state index in [1.807, 2.05) is 23.9 Å². The normalized spacial score (nSPS) is 10.7. The first kappa shape index (κ1) is 12.6. The van der Waals surface area contributed by atoms with E-state index in [0.717, 1.165) is 28.3 Å². The molecule has 1 aromatic carbocycles. The second-order valence-electron chi connectivity index (χ2n) is 4.51. The van der Waals surface area contributed by atoms with Gasteiger partial charge < -0.3 is 10.5 Å². The van der Waals surface area contributed by atoms with Gasteiger partial charge in [0.15, 0.2) is 0 Å². The van der Waals surface area contributed by atoms with E-state index in [0.29, 0.717) is 6.54 Å². The van der Waals surface area contributed by atoms with Crippen LogP contribution in [0.1, 0.15) is 16.8 Å². The first-order chi connectivity index (χ1) is 8.56. The molecule has 0 saturated carbocycles. The largest absolute Gasteiger partial charge is 0.496 e. The van der Waals surface area contributed by atoms with Gasteiger partial charge >= 0.3 is 0 Å². The maximum absolute atomic E-state index is 5.68. The van der Waals surface area contributed by atoms with E-state index in [4.69, 9.17) is 10.5 Å². The first-order valence-corrected chi connectivity index (χ1v) is 5.95. The number of aromatic nitrogens is 2. The summed E-state index contributed by atoms with van der Waals surface area (Å²) in [6.07, 6.45) is 0. The number of ether oxygens (including phenoxy) is 1. The lowest BCUT2D eigenvalue weighted by Crippen LogP contribution is -2.03. The summed E-state index contributed by atoms with van der Waals surface area (Å²) in [4.78, 5) is 0. The average Bonchev–Trinajstić information content (AvgIpc) is 2.68. The third-order valence-electron chi connectivity index (χ3n) is 3.11. The summed E-state index contributed by atoms with van der Waals surface area (Å²) in [5, 5.41) is 4.51. The fraction of sp³-hybridized carbons (Fsp3) is 0.357. The number of benzene rings is 1. The lowest BCUT2D eigenvalue weighted by molar-refractivity contribution is 0.415. The number of aryl methyl sites for hydroxylation is 3. The van der Waals surface area contributed by atoms with Crippen LogP contribution in [-0.4, -0.2) is 16.9 Å². The van der Waals surface area contributed by atoms with Crippen molar-refractivity contribution in [2.45, 2.75) is 20.4 Å². The molecule has 0 aliphatic carbocycles. The van der Waals surface area contributed by atoms with Gasteiger partial charge in [0.2, 0.25) is 0 Å². The summed E-state index contributed by atoms with van der Waals surface area (Å²) < 4.78 is 7.28. The van der Waals surface area contributed by atoms with Crippen molar-refractivity contribution in [2.24, 2.45) is 12.8 Å². The topological polar surface area (TPSA) is 53.1 Å². The second-order valence-corrected chi connectivity index (χ2v) is 4.51. The summed E-state index contributed by atoms with van der Waals surface area (Å²) in [6, 6.07) is 6.17. The van der Waals surface area contributed by atoms with Crippen LogP contribution in [0.5, 0.6) is 5.75 Å². The summed E-state index contributed by atoms with van der Waals surface area (Å²) >= 11 is 0. The smallest absolute Gasteiger partial charge is 0.128 e. The quantitative estimate of drug-likeness (QED) is 0.901. The Morgan fingerprint density at radius 2 is 2.00 bits per heavy atom. The Labute approximate surface area is 107 Å².